The SMILES string of the molecule is Fc1ccc(C2=C[C@H]3[C@@H](C2)[C@@H]3c2noc(CCl)n2)cc1F. The lowest BCUT2D eigenvalue weighted by Crippen LogP contribution is -1.93. The van der Waals surface area contributed by atoms with Crippen LogP contribution < -0.4 is 0 Å². The molecule has 0 unspecified atom stereocenters. The molecule has 1 aromatic heterocycles. The third-order valence-electron chi connectivity index (χ3n) is 4.27. The number of nitrogens with zero attached hydrogens (tertiary/aromatic N) is 2. The quantitative estimate of drug-likeness (QED) is 0.807. The van der Waals surface area contributed by atoms with E-state index in [4.69, 9.17) is 16.1 Å². The van der Waals surface area contributed by atoms with Crippen molar-refractivity contribution in [2.75, 3.05) is 0 Å². The lowest BCUT2D eigenvalue weighted by atomic mass is 10.0. The Balaban J connectivity index is 1.54. The minimum atomic E-state index is -0.819. The third kappa shape index (κ3) is 2.07. The summed E-state index contributed by atoms with van der Waals surface area (Å²) in [7, 11) is 0. The standard InChI is InChI=1S/C15H11ClF2N2O/c16-6-13-19-15(20-21-13)14-9-3-8(4-10(9)14)7-1-2-11(17)12(18)5-7/h1-3,5,9-10,14H,4,6H2/t9-,10+,14+/m0/s1. The monoisotopic (exact) mass is 308 g/mol. The molecule has 0 aliphatic heterocycles. The number of hydrogen-bond acceptors (Lipinski definition) is 3. The molecule has 2 aromatic rings. The maximum Gasteiger partial charge on any atom is 0.241 e. The fourth-order valence-corrected chi connectivity index (χ4v) is 3.28. The van der Waals surface area contributed by atoms with Crippen LogP contribution in [0.4, 0.5) is 8.78 Å². The highest BCUT2D eigenvalue weighted by Gasteiger charge is 2.55. The van der Waals surface area contributed by atoms with Crippen LogP contribution in [0.15, 0.2) is 28.8 Å². The molecular weight excluding hydrogens is 298 g/mol. The molecule has 0 saturated heterocycles. The highest BCUT2D eigenvalue weighted by molar-refractivity contribution is 6.16. The summed E-state index contributed by atoms with van der Waals surface area (Å²) in [4.78, 5) is 4.25. The first kappa shape index (κ1) is 13.0. The minimum absolute atomic E-state index is 0.213. The van der Waals surface area contributed by atoms with Gasteiger partial charge in [0.2, 0.25) is 5.89 Å². The minimum Gasteiger partial charge on any atom is -0.338 e. The Morgan fingerprint density at radius 3 is 2.76 bits per heavy atom. The van der Waals surface area contributed by atoms with Gasteiger partial charge in [-0.05, 0) is 41.5 Å². The van der Waals surface area contributed by atoms with Crippen molar-refractivity contribution in [3.63, 3.8) is 0 Å². The van der Waals surface area contributed by atoms with Gasteiger partial charge in [0, 0.05) is 5.92 Å². The van der Waals surface area contributed by atoms with Crippen LogP contribution in [0.1, 0.15) is 29.6 Å². The first-order valence-electron chi connectivity index (χ1n) is 6.72. The van der Waals surface area contributed by atoms with E-state index in [1.807, 2.05) is 0 Å². The summed E-state index contributed by atoms with van der Waals surface area (Å²) in [6.45, 7) is 0. The van der Waals surface area contributed by atoms with Gasteiger partial charge in [-0.1, -0.05) is 17.3 Å². The van der Waals surface area contributed by atoms with Crippen molar-refractivity contribution in [1.29, 1.82) is 0 Å². The molecule has 2 aliphatic carbocycles. The number of hydrogen-bond donors (Lipinski definition) is 0. The summed E-state index contributed by atoms with van der Waals surface area (Å²) in [6, 6.07) is 4.03. The molecule has 2 aliphatic rings. The second kappa shape index (κ2) is 4.63. The first-order chi connectivity index (χ1) is 10.2. The second-order valence-corrected chi connectivity index (χ2v) is 5.74. The van der Waals surface area contributed by atoms with Gasteiger partial charge in [-0.15, -0.1) is 11.6 Å². The van der Waals surface area contributed by atoms with E-state index >= 15 is 0 Å². The molecule has 3 nitrogen and oxygen atoms in total. The molecule has 1 heterocycles. The normalized spacial score (nSPS) is 26.6. The number of aromatic nitrogens is 2. The molecule has 0 radical (unpaired) electrons. The van der Waals surface area contributed by atoms with E-state index in [0.29, 0.717) is 23.6 Å². The summed E-state index contributed by atoms with van der Waals surface area (Å²) in [5, 5.41) is 3.95. The van der Waals surface area contributed by atoms with Crippen molar-refractivity contribution >= 4 is 17.2 Å². The van der Waals surface area contributed by atoms with Crippen molar-refractivity contribution in [1.82, 2.24) is 10.1 Å². The molecule has 1 fully saturated rings. The number of benzene rings is 1. The van der Waals surface area contributed by atoms with Gasteiger partial charge in [0.25, 0.3) is 0 Å². The Kier molecular flexibility index (Phi) is 2.85. The highest BCUT2D eigenvalue weighted by Crippen LogP contribution is 2.62. The zero-order valence-corrected chi connectivity index (χ0v) is 11.6. The van der Waals surface area contributed by atoms with E-state index in [9.17, 15) is 8.78 Å². The second-order valence-electron chi connectivity index (χ2n) is 5.47. The van der Waals surface area contributed by atoms with E-state index in [-0.39, 0.29) is 11.8 Å². The van der Waals surface area contributed by atoms with Crippen LogP contribution in [0.25, 0.3) is 5.57 Å². The predicted molar refractivity (Wildman–Crippen MR) is 72.5 cm³/mol. The Morgan fingerprint density at radius 1 is 1.29 bits per heavy atom. The lowest BCUT2D eigenvalue weighted by Gasteiger charge is -2.06. The van der Waals surface area contributed by atoms with Gasteiger partial charge < -0.3 is 4.52 Å². The maximum absolute atomic E-state index is 13.3. The molecule has 0 amide bonds. The number of fused-ring (bicyclic) bond motifs is 1. The van der Waals surface area contributed by atoms with Crippen molar-refractivity contribution in [2.24, 2.45) is 11.8 Å². The molecule has 6 heteroatoms. The molecule has 108 valence electrons. The summed E-state index contributed by atoms with van der Waals surface area (Å²) in [6.07, 6.45) is 2.93. The Morgan fingerprint density at radius 2 is 2.14 bits per heavy atom. The summed E-state index contributed by atoms with van der Waals surface area (Å²) in [5.41, 5.74) is 1.80. The zero-order chi connectivity index (χ0) is 14.6. The van der Waals surface area contributed by atoms with E-state index in [0.717, 1.165) is 17.6 Å². The van der Waals surface area contributed by atoms with Gasteiger partial charge in [-0.25, -0.2) is 8.78 Å². The zero-order valence-electron chi connectivity index (χ0n) is 10.9. The number of rotatable bonds is 3. The summed E-state index contributed by atoms with van der Waals surface area (Å²) >= 11 is 5.64. The molecule has 1 aromatic carbocycles. The van der Waals surface area contributed by atoms with Gasteiger partial charge in [0.15, 0.2) is 17.5 Å². The Hall–Kier alpha value is -1.75. The van der Waals surface area contributed by atoms with Crippen molar-refractivity contribution in [3.05, 3.63) is 53.2 Å². The number of alkyl halides is 1. The third-order valence-corrected chi connectivity index (χ3v) is 4.49. The molecule has 21 heavy (non-hydrogen) atoms. The van der Waals surface area contributed by atoms with Gasteiger partial charge in [0.05, 0.1) is 0 Å². The molecule has 0 spiro atoms. The summed E-state index contributed by atoms with van der Waals surface area (Å²) < 4.78 is 31.3. The molecule has 0 bridgehead atoms. The van der Waals surface area contributed by atoms with E-state index < -0.39 is 11.6 Å². The van der Waals surface area contributed by atoms with Crippen LogP contribution >= 0.6 is 11.6 Å². The van der Waals surface area contributed by atoms with E-state index in [1.165, 1.54) is 12.1 Å². The topological polar surface area (TPSA) is 38.9 Å². The number of allylic oxidation sites excluding steroid dienone is 2. The van der Waals surface area contributed by atoms with Crippen molar-refractivity contribution in [3.8, 4) is 0 Å². The summed E-state index contributed by atoms with van der Waals surface area (Å²) in [5.74, 6) is 0.756. The van der Waals surface area contributed by atoms with Crippen molar-refractivity contribution in [2.45, 2.75) is 18.2 Å². The van der Waals surface area contributed by atoms with Crippen LogP contribution in [-0.2, 0) is 5.88 Å². The fraction of sp³-hybridized carbons (Fsp3) is 0.333. The molecule has 1 saturated carbocycles. The average Bonchev–Trinajstić information content (AvgIpc) is 2.88. The largest absolute Gasteiger partial charge is 0.338 e. The Labute approximate surface area is 124 Å². The van der Waals surface area contributed by atoms with Crippen LogP contribution in [-0.4, -0.2) is 10.1 Å². The predicted octanol–water partition coefficient (Wildman–Crippen LogP) is 3.90. The maximum atomic E-state index is 13.3. The van der Waals surface area contributed by atoms with E-state index in [1.54, 1.807) is 6.07 Å². The molecular formula is C15H11ClF2N2O. The number of halogens is 3. The van der Waals surface area contributed by atoms with Crippen molar-refractivity contribution < 1.29 is 13.3 Å². The average molecular weight is 309 g/mol. The van der Waals surface area contributed by atoms with Gasteiger partial charge in [0.1, 0.15) is 5.88 Å². The molecule has 0 N–H and O–H groups in total. The van der Waals surface area contributed by atoms with Crippen LogP contribution in [0, 0.1) is 23.5 Å². The molecule has 4 rings (SSSR count). The highest BCUT2D eigenvalue weighted by atomic mass is 35.5. The Bertz CT molecular complexity index is 743. The van der Waals surface area contributed by atoms with Crippen LogP contribution in [0.2, 0.25) is 0 Å². The smallest absolute Gasteiger partial charge is 0.241 e. The van der Waals surface area contributed by atoms with Gasteiger partial charge >= 0.3 is 0 Å². The van der Waals surface area contributed by atoms with Gasteiger partial charge in [-0.2, -0.15) is 4.98 Å². The lowest BCUT2D eigenvalue weighted by molar-refractivity contribution is 0.383. The van der Waals surface area contributed by atoms with Crippen LogP contribution in [0.3, 0.4) is 0 Å². The fourth-order valence-electron chi connectivity index (χ4n) is 3.18. The van der Waals surface area contributed by atoms with Crippen LogP contribution in [0.5, 0.6) is 0 Å². The van der Waals surface area contributed by atoms with Gasteiger partial charge in [-0.3, -0.25) is 0 Å². The van der Waals surface area contributed by atoms with E-state index in [2.05, 4.69) is 16.2 Å². The first-order valence-corrected chi connectivity index (χ1v) is 7.25. The molecule has 3 atom stereocenters.